The van der Waals surface area contributed by atoms with Crippen LogP contribution in [0.3, 0.4) is 0 Å². The van der Waals surface area contributed by atoms with Crippen molar-refractivity contribution in [2.45, 2.75) is 6.18 Å². The Morgan fingerprint density at radius 3 is 2.67 bits per heavy atom. The summed E-state index contributed by atoms with van der Waals surface area (Å²) in [7, 11) is 1.21. The molecule has 0 amide bonds. The number of carbonyl (C=O) groups is 1. The highest BCUT2D eigenvalue weighted by atomic mass is 19.4. The van der Waals surface area contributed by atoms with Crippen molar-refractivity contribution in [2.24, 2.45) is 0 Å². The van der Waals surface area contributed by atoms with Crippen LogP contribution in [-0.2, 0) is 10.9 Å². The highest BCUT2D eigenvalue weighted by Gasteiger charge is 2.30. The molecule has 7 heteroatoms. The first-order valence-corrected chi connectivity index (χ1v) is 5.89. The molecule has 1 aromatic heterocycles. The first-order chi connectivity index (χ1) is 9.91. The maximum absolute atomic E-state index is 12.7. The molecule has 0 saturated carbocycles. The molecule has 0 aliphatic rings. The van der Waals surface area contributed by atoms with Gasteiger partial charge in [0.2, 0.25) is 0 Å². The van der Waals surface area contributed by atoms with E-state index in [2.05, 4.69) is 15.0 Å². The number of benzene rings is 1. The molecular formula is C14H11F3N2O2. The van der Waals surface area contributed by atoms with E-state index < -0.39 is 17.7 Å². The van der Waals surface area contributed by atoms with Gasteiger partial charge in [-0.15, -0.1) is 0 Å². The van der Waals surface area contributed by atoms with Crippen molar-refractivity contribution in [3.05, 3.63) is 53.7 Å². The molecule has 1 aromatic carbocycles. The number of carbonyl (C=O) groups excluding carboxylic acids is 1. The number of alkyl halides is 3. The highest BCUT2D eigenvalue weighted by molar-refractivity contribution is 5.95. The molecule has 0 unspecified atom stereocenters. The van der Waals surface area contributed by atoms with Crippen molar-refractivity contribution >= 4 is 17.5 Å². The Bertz CT molecular complexity index is 657. The number of pyridine rings is 1. The number of rotatable bonds is 3. The van der Waals surface area contributed by atoms with Crippen LogP contribution in [0.1, 0.15) is 15.9 Å². The molecule has 0 bridgehead atoms. The molecule has 0 radical (unpaired) electrons. The van der Waals surface area contributed by atoms with Crippen LogP contribution in [0.25, 0.3) is 0 Å². The predicted molar refractivity (Wildman–Crippen MR) is 70.3 cm³/mol. The summed E-state index contributed by atoms with van der Waals surface area (Å²) >= 11 is 0. The van der Waals surface area contributed by atoms with Crippen LogP contribution < -0.4 is 5.32 Å². The summed E-state index contributed by atoms with van der Waals surface area (Å²) in [6.45, 7) is 0. The van der Waals surface area contributed by atoms with E-state index in [-0.39, 0.29) is 17.1 Å². The fourth-order valence-corrected chi connectivity index (χ4v) is 1.69. The second-order valence-electron chi connectivity index (χ2n) is 4.09. The largest absolute Gasteiger partial charge is 0.465 e. The van der Waals surface area contributed by atoms with Gasteiger partial charge in [0, 0.05) is 11.9 Å². The molecule has 0 saturated heterocycles. The van der Waals surface area contributed by atoms with Crippen LogP contribution in [0.15, 0.2) is 42.6 Å². The van der Waals surface area contributed by atoms with Crippen LogP contribution in [-0.4, -0.2) is 18.1 Å². The van der Waals surface area contributed by atoms with Gasteiger partial charge in [0.1, 0.15) is 11.4 Å². The molecule has 0 atom stereocenters. The van der Waals surface area contributed by atoms with E-state index in [4.69, 9.17) is 0 Å². The maximum Gasteiger partial charge on any atom is 0.416 e. The van der Waals surface area contributed by atoms with E-state index >= 15 is 0 Å². The van der Waals surface area contributed by atoms with Crippen LogP contribution in [0.4, 0.5) is 24.7 Å². The van der Waals surface area contributed by atoms with Crippen LogP contribution in [0.2, 0.25) is 0 Å². The quantitative estimate of drug-likeness (QED) is 0.879. The number of hydrogen-bond acceptors (Lipinski definition) is 4. The van der Waals surface area contributed by atoms with Gasteiger partial charge in [-0.05, 0) is 30.3 Å². The first-order valence-electron chi connectivity index (χ1n) is 5.89. The number of methoxy groups -OCH3 is 1. The lowest BCUT2D eigenvalue weighted by Crippen LogP contribution is -2.08. The molecule has 21 heavy (non-hydrogen) atoms. The lowest BCUT2D eigenvalue weighted by molar-refractivity contribution is -0.137. The third-order valence-corrected chi connectivity index (χ3v) is 2.67. The molecule has 0 aliphatic heterocycles. The molecule has 0 aliphatic carbocycles. The van der Waals surface area contributed by atoms with Gasteiger partial charge in [0.15, 0.2) is 0 Å². The minimum absolute atomic E-state index is 0.128. The van der Waals surface area contributed by atoms with E-state index in [0.29, 0.717) is 0 Å². The van der Waals surface area contributed by atoms with Gasteiger partial charge in [-0.1, -0.05) is 6.07 Å². The zero-order valence-electron chi connectivity index (χ0n) is 10.9. The number of aromatic nitrogens is 1. The monoisotopic (exact) mass is 296 g/mol. The number of esters is 1. The molecule has 1 heterocycles. The number of halogens is 3. The smallest absolute Gasteiger partial charge is 0.416 e. The van der Waals surface area contributed by atoms with E-state index in [1.807, 2.05) is 0 Å². The van der Waals surface area contributed by atoms with Crippen molar-refractivity contribution < 1.29 is 22.7 Å². The standard InChI is InChI=1S/C14H11F3N2O2/c1-21-13(20)11-6-3-7-18-12(11)19-10-5-2-4-9(8-10)14(15,16)17/h2-8H,1H3,(H,18,19). The average molecular weight is 296 g/mol. The Hall–Kier alpha value is -2.57. The van der Waals surface area contributed by atoms with Crippen LogP contribution in [0.5, 0.6) is 0 Å². The minimum Gasteiger partial charge on any atom is -0.465 e. The molecule has 2 aromatic rings. The third kappa shape index (κ3) is 3.50. The van der Waals surface area contributed by atoms with Gasteiger partial charge in [-0.2, -0.15) is 13.2 Å². The Morgan fingerprint density at radius 1 is 1.24 bits per heavy atom. The third-order valence-electron chi connectivity index (χ3n) is 2.67. The number of hydrogen-bond donors (Lipinski definition) is 1. The Morgan fingerprint density at radius 2 is 2.00 bits per heavy atom. The van der Waals surface area contributed by atoms with Crippen molar-refractivity contribution in [1.82, 2.24) is 4.98 Å². The molecule has 0 fully saturated rings. The van der Waals surface area contributed by atoms with Crippen molar-refractivity contribution in [2.75, 3.05) is 12.4 Å². The summed E-state index contributed by atoms with van der Waals surface area (Å²) in [5.74, 6) is -0.499. The molecular weight excluding hydrogens is 285 g/mol. The summed E-state index contributed by atoms with van der Waals surface area (Å²) in [6, 6.07) is 7.62. The van der Waals surface area contributed by atoms with Crippen molar-refractivity contribution in [3.8, 4) is 0 Å². The van der Waals surface area contributed by atoms with Crippen molar-refractivity contribution in [3.63, 3.8) is 0 Å². The zero-order chi connectivity index (χ0) is 15.5. The Labute approximate surface area is 118 Å². The first kappa shape index (κ1) is 14.8. The lowest BCUT2D eigenvalue weighted by atomic mass is 10.2. The van der Waals surface area contributed by atoms with E-state index in [1.54, 1.807) is 0 Å². The van der Waals surface area contributed by atoms with Gasteiger partial charge < -0.3 is 10.1 Å². The van der Waals surface area contributed by atoms with Gasteiger partial charge in [0.25, 0.3) is 0 Å². The second kappa shape index (κ2) is 5.82. The summed E-state index contributed by atoms with van der Waals surface area (Å²) < 4.78 is 42.5. The topological polar surface area (TPSA) is 51.2 Å². The molecule has 4 nitrogen and oxygen atoms in total. The van der Waals surface area contributed by atoms with Gasteiger partial charge >= 0.3 is 12.1 Å². The fourth-order valence-electron chi connectivity index (χ4n) is 1.69. The zero-order valence-corrected chi connectivity index (χ0v) is 10.9. The van der Waals surface area contributed by atoms with E-state index in [9.17, 15) is 18.0 Å². The lowest BCUT2D eigenvalue weighted by Gasteiger charge is -2.12. The fraction of sp³-hybridized carbons (Fsp3) is 0.143. The highest BCUT2D eigenvalue weighted by Crippen LogP contribution is 2.31. The summed E-state index contributed by atoms with van der Waals surface area (Å²) in [6.07, 6.45) is -3.02. The normalized spacial score (nSPS) is 11.0. The van der Waals surface area contributed by atoms with E-state index in [0.717, 1.165) is 12.1 Å². The summed E-state index contributed by atoms with van der Waals surface area (Å²) in [5, 5.41) is 2.69. The SMILES string of the molecule is COC(=O)c1cccnc1Nc1cccc(C(F)(F)F)c1. The number of nitrogens with zero attached hydrogens (tertiary/aromatic N) is 1. The Balaban J connectivity index is 2.33. The number of nitrogens with one attached hydrogen (secondary N) is 1. The van der Waals surface area contributed by atoms with Gasteiger partial charge in [0.05, 0.1) is 12.7 Å². The van der Waals surface area contributed by atoms with Gasteiger partial charge in [-0.3, -0.25) is 0 Å². The molecule has 2 rings (SSSR count). The summed E-state index contributed by atoms with van der Waals surface area (Å²) in [5.41, 5.74) is -0.478. The van der Waals surface area contributed by atoms with Crippen LogP contribution >= 0.6 is 0 Å². The maximum atomic E-state index is 12.7. The molecule has 1 N–H and O–H groups in total. The van der Waals surface area contributed by atoms with E-state index in [1.165, 1.54) is 37.6 Å². The second-order valence-corrected chi connectivity index (χ2v) is 4.09. The molecule has 0 spiro atoms. The van der Waals surface area contributed by atoms with Crippen LogP contribution in [0, 0.1) is 0 Å². The van der Waals surface area contributed by atoms with Crippen molar-refractivity contribution in [1.29, 1.82) is 0 Å². The predicted octanol–water partition coefficient (Wildman–Crippen LogP) is 3.63. The average Bonchev–Trinajstić information content (AvgIpc) is 2.46. The minimum atomic E-state index is -4.44. The number of anilines is 2. The summed E-state index contributed by atoms with van der Waals surface area (Å²) in [4.78, 5) is 15.5. The number of ether oxygens (including phenoxy) is 1. The Kier molecular flexibility index (Phi) is 4.11. The molecule has 110 valence electrons. The van der Waals surface area contributed by atoms with Gasteiger partial charge in [-0.25, -0.2) is 9.78 Å².